The summed E-state index contributed by atoms with van der Waals surface area (Å²) in [6.07, 6.45) is 6.38. The maximum Gasteiger partial charge on any atom is 0.271 e. The van der Waals surface area contributed by atoms with Crippen LogP contribution in [0, 0.1) is 11.8 Å². The quantitative estimate of drug-likeness (QED) is 0.570. The number of nitrogens with one attached hydrogen (secondary N) is 1. The van der Waals surface area contributed by atoms with E-state index in [-0.39, 0.29) is 5.91 Å². The van der Waals surface area contributed by atoms with Crippen LogP contribution in [0.15, 0.2) is 29.4 Å². The van der Waals surface area contributed by atoms with Gasteiger partial charge in [0, 0.05) is 17.2 Å². The van der Waals surface area contributed by atoms with Gasteiger partial charge in [-0.3, -0.25) is 4.79 Å². The maximum absolute atomic E-state index is 12.6. The van der Waals surface area contributed by atoms with Gasteiger partial charge < -0.3 is 14.2 Å². The number of allylic oxidation sites excluding steroid dienone is 2. The zero-order valence-electron chi connectivity index (χ0n) is 15.6. The summed E-state index contributed by atoms with van der Waals surface area (Å²) in [6.45, 7) is 7.08. The van der Waals surface area contributed by atoms with Crippen LogP contribution >= 0.6 is 0 Å². The van der Waals surface area contributed by atoms with Gasteiger partial charge in [-0.15, -0.1) is 0 Å². The van der Waals surface area contributed by atoms with Crippen molar-refractivity contribution < 1.29 is 19.0 Å². The first-order chi connectivity index (χ1) is 12.7. The van der Waals surface area contributed by atoms with Crippen molar-refractivity contribution in [2.24, 2.45) is 16.9 Å². The monoisotopic (exact) mass is 358 g/mol. The number of hydrazone groups is 1. The number of amides is 1. The molecule has 0 aromatic heterocycles. The van der Waals surface area contributed by atoms with E-state index < -0.39 is 0 Å². The van der Waals surface area contributed by atoms with Crippen molar-refractivity contribution >= 4 is 11.6 Å². The van der Waals surface area contributed by atoms with Gasteiger partial charge in [-0.2, -0.15) is 5.10 Å². The number of fused-ring (bicyclic) bond motifs is 1. The molecule has 6 nitrogen and oxygen atoms in total. The molecule has 3 rings (SSSR count). The molecule has 1 N–H and O–H groups in total. The number of rotatable bonds is 8. The van der Waals surface area contributed by atoms with E-state index in [0.29, 0.717) is 54.5 Å². The molecule has 0 aliphatic heterocycles. The van der Waals surface area contributed by atoms with Crippen LogP contribution in [0.5, 0.6) is 17.2 Å². The summed E-state index contributed by atoms with van der Waals surface area (Å²) < 4.78 is 17.0. The zero-order chi connectivity index (χ0) is 18.5. The van der Waals surface area contributed by atoms with Gasteiger partial charge >= 0.3 is 0 Å². The van der Waals surface area contributed by atoms with Crippen LogP contribution in [0.25, 0.3) is 0 Å². The van der Waals surface area contributed by atoms with E-state index in [1.807, 2.05) is 20.8 Å². The molecule has 1 aromatic carbocycles. The van der Waals surface area contributed by atoms with Gasteiger partial charge in [-0.1, -0.05) is 12.2 Å². The Hall–Kier alpha value is -2.50. The summed E-state index contributed by atoms with van der Waals surface area (Å²) in [5, 5.41) is 4.32. The highest BCUT2D eigenvalue weighted by Crippen LogP contribution is 2.40. The Morgan fingerprint density at radius 2 is 1.77 bits per heavy atom. The highest BCUT2D eigenvalue weighted by molar-refractivity contribution is 5.98. The minimum atomic E-state index is -0.281. The summed E-state index contributed by atoms with van der Waals surface area (Å²) in [6, 6.07) is 3.35. The third-order valence-corrected chi connectivity index (χ3v) is 4.64. The second kappa shape index (κ2) is 8.25. The van der Waals surface area contributed by atoms with Crippen molar-refractivity contribution in [2.45, 2.75) is 33.6 Å². The third-order valence-electron chi connectivity index (χ3n) is 4.64. The standard InChI is InChI=1S/C20H26N2O4/c1-4-24-17-11-14(12-18(25-5-2)19(17)26-6-3)20(23)22-21-16-10-13-8-7-9-15(13)16/h7-8,11-13,15H,4-6,9-10H2,1-3H3,(H,22,23)/b21-16+/t13-,15-/m0/s1. The number of nitrogens with zero attached hydrogens (tertiary/aromatic N) is 1. The van der Waals surface area contributed by atoms with Gasteiger partial charge in [0.05, 0.1) is 19.8 Å². The zero-order valence-corrected chi connectivity index (χ0v) is 15.6. The molecule has 2 atom stereocenters. The van der Waals surface area contributed by atoms with Crippen LogP contribution in [0.4, 0.5) is 0 Å². The molecule has 1 amide bonds. The lowest BCUT2D eigenvalue weighted by Crippen LogP contribution is -2.35. The number of benzene rings is 1. The van der Waals surface area contributed by atoms with Crippen LogP contribution in [-0.4, -0.2) is 31.4 Å². The van der Waals surface area contributed by atoms with Crippen LogP contribution in [0.1, 0.15) is 44.0 Å². The van der Waals surface area contributed by atoms with E-state index in [1.165, 1.54) is 0 Å². The molecule has 1 saturated carbocycles. The van der Waals surface area contributed by atoms with Crippen LogP contribution in [0.3, 0.4) is 0 Å². The second-order valence-corrected chi connectivity index (χ2v) is 6.28. The molecule has 0 heterocycles. The van der Waals surface area contributed by atoms with Crippen molar-refractivity contribution in [1.29, 1.82) is 0 Å². The summed E-state index contributed by atoms with van der Waals surface area (Å²) in [5.74, 6) is 2.32. The van der Waals surface area contributed by atoms with E-state index in [9.17, 15) is 4.79 Å². The predicted octanol–water partition coefficient (Wildman–Crippen LogP) is 3.56. The van der Waals surface area contributed by atoms with Crippen LogP contribution < -0.4 is 19.6 Å². The Bertz CT molecular complexity index is 700. The van der Waals surface area contributed by atoms with Gasteiger partial charge in [-0.05, 0) is 51.7 Å². The smallest absolute Gasteiger partial charge is 0.271 e. The first-order valence-corrected chi connectivity index (χ1v) is 9.27. The van der Waals surface area contributed by atoms with Crippen molar-refractivity contribution in [3.63, 3.8) is 0 Å². The lowest BCUT2D eigenvalue weighted by molar-refractivity contribution is 0.0952. The maximum atomic E-state index is 12.6. The molecule has 2 aliphatic carbocycles. The van der Waals surface area contributed by atoms with Crippen molar-refractivity contribution in [2.75, 3.05) is 19.8 Å². The van der Waals surface area contributed by atoms with Gasteiger partial charge in [0.25, 0.3) is 5.91 Å². The van der Waals surface area contributed by atoms with E-state index in [2.05, 4.69) is 22.7 Å². The molecule has 6 heteroatoms. The Labute approximate surface area is 154 Å². The average Bonchev–Trinajstić information content (AvgIpc) is 2.99. The van der Waals surface area contributed by atoms with E-state index in [4.69, 9.17) is 14.2 Å². The second-order valence-electron chi connectivity index (χ2n) is 6.28. The minimum absolute atomic E-state index is 0.281. The number of ether oxygens (including phenoxy) is 3. The topological polar surface area (TPSA) is 69.2 Å². The van der Waals surface area contributed by atoms with Crippen LogP contribution in [-0.2, 0) is 0 Å². The normalized spacial score (nSPS) is 21.9. The average molecular weight is 358 g/mol. The van der Waals surface area contributed by atoms with Gasteiger partial charge in [0.15, 0.2) is 11.5 Å². The summed E-state index contributed by atoms with van der Waals surface area (Å²) in [4.78, 5) is 12.6. The number of hydrogen-bond acceptors (Lipinski definition) is 5. The molecule has 1 fully saturated rings. The first-order valence-electron chi connectivity index (χ1n) is 9.27. The van der Waals surface area contributed by atoms with Gasteiger partial charge in [-0.25, -0.2) is 5.43 Å². The number of hydrogen-bond donors (Lipinski definition) is 1. The van der Waals surface area contributed by atoms with Gasteiger partial charge in [0.1, 0.15) is 0 Å². The lowest BCUT2D eigenvalue weighted by atomic mass is 9.74. The van der Waals surface area contributed by atoms with Gasteiger partial charge in [0.2, 0.25) is 5.75 Å². The van der Waals surface area contributed by atoms with E-state index in [1.54, 1.807) is 12.1 Å². The summed E-state index contributed by atoms with van der Waals surface area (Å²) in [7, 11) is 0. The summed E-state index contributed by atoms with van der Waals surface area (Å²) >= 11 is 0. The van der Waals surface area contributed by atoms with Crippen molar-refractivity contribution in [3.05, 3.63) is 29.8 Å². The first kappa shape index (κ1) is 18.3. The van der Waals surface area contributed by atoms with Crippen molar-refractivity contribution in [3.8, 4) is 17.2 Å². The molecular weight excluding hydrogens is 332 g/mol. The molecule has 0 bridgehead atoms. The molecular formula is C20H26N2O4. The highest BCUT2D eigenvalue weighted by Gasteiger charge is 2.38. The molecule has 0 saturated heterocycles. The molecule has 1 aromatic rings. The molecule has 26 heavy (non-hydrogen) atoms. The van der Waals surface area contributed by atoms with Crippen LogP contribution in [0.2, 0.25) is 0 Å². The highest BCUT2D eigenvalue weighted by atomic mass is 16.5. The largest absolute Gasteiger partial charge is 0.490 e. The van der Waals surface area contributed by atoms with Crippen molar-refractivity contribution in [1.82, 2.24) is 5.43 Å². The molecule has 0 spiro atoms. The fourth-order valence-electron chi connectivity index (χ4n) is 3.37. The lowest BCUT2D eigenvalue weighted by Gasteiger charge is -2.31. The SMILES string of the molecule is CCOc1cc(C(=O)N/N=C2\C[C@@H]3C=CC[C@H]23)cc(OCC)c1OCC. The summed E-state index contributed by atoms with van der Waals surface area (Å²) in [5.41, 5.74) is 4.17. The Balaban J connectivity index is 1.79. The van der Waals surface area contributed by atoms with E-state index in [0.717, 1.165) is 18.6 Å². The van der Waals surface area contributed by atoms with E-state index >= 15 is 0 Å². The molecule has 140 valence electrons. The number of carbonyl (C=O) groups excluding carboxylic acids is 1. The Kier molecular flexibility index (Phi) is 5.81. The fraction of sp³-hybridized carbons (Fsp3) is 0.500. The Morgan fingerprint density at radius 1 is 1.12 bits per heavy atom. The predicted molar refractivity (Wildman–Crippen MR) is 100 cm³/mol. The minimum Gasteiger partial charge on any atom is -0.490 e. The number of carbonyl (C=O) groups is 1. The molecule has 2 aliphatic rings. The third kappa shape index (κ3) is 3.69. The fourth-order valence-corrected chi connectivity index (χ4v) is 3.37. The molecule has 0 unspecified atom stereocenters. The Morgan fingerprint density at radius 3 is 2.35 bits per heavy atom. The molecule has 0 radical (unpaired) electrons.